The highest BCUT2D eigenvalue weighted by Crippen LogP contribution is 2.34. The van der Waals surface area contributed by atoms with E-state index in [0.29, 0.717) is 24.3 Å². The summed E-state index contributed by atoms with van der Waals surface area (Å²) in [6.45, 7) is 6.91. The molecule has 0 spiro atoms. The maximum absolute atomic E-state index is 13.2. The van der Waals surface area contributed by atoms with Crippen LogP contribution in [0.1, 0.15) is 53.6 Å². The Bertz CT molecular complexity index is 849. The van der Waals surface area contributed by atoms with Crippen LogP contribution in [0.15, 0.2) is 24.3 Å². The molecule has 1 aromatic carbocycles. The normalized spacial score (nSPS) is 14.6. The lowest BCUT2D eigenvalue weighted by Gasteiger charge is -2.19. The van der Waals surface area contributed by atoms with E-state index in [4.69, 9.17) is 4.74 Å². The maximum atomic E-state index is 13.2. The highest BCUT2D eigenvalue weighted by atomic mass is 19.4. The van der Waals surface area contributed by atoms with Gasteiger partial charge in [-0.15, -0.1) is 0 Å². The van der Waals surface area contributed by atoms with E-state index in [0.717, 1.165) is 5.56 Å². The average molecular weight is 395 g/mol. The molecule has 0 bridgehead atoms. The van der Waals surface area contributed by atoms with Gasteiger partial charge in [0, 0.05) is 29.8 Å². The fourth-order valence-electron chi connectivity index (χ4n) is 3.22. The van der Waals surface area contributed by atoms with Crippen molar-refractivity contribution in [3.8, 4) is 0 Å². The first-order chi connectivity index (χ1) is 13.1. The van der Waals surface area contributed by atoms with Gasteiger partial charge in [0.05, 0.1) is 19.8 Å². The summed E-state index contributed by atoms with van der Waals surface area (Å²) in [6, 6.07) is 7.33. The van der Waals surface area contributed by atoms with Gasteiger partial charge in [0.2, 0.25) is 0 Å². The van der Waals surface area contributed by atoms with Crippen LogP contribution in [0.2, 0.25) is 0 Å². The second kappa shape index (κ2) is 7.58. The number of halogens is 3. The van der Waals surface area contributed by atoms with Crippen LogP contribution < -0.4 is 5.32 Å². The highest BCUT2D eigenvalue weighted by Gasteiger charge is 2.39. The quantitative estimate of drug-likeness (QED) is 0.859. The number of alkyl halides is 3. The molecule has 0 fully saturated rings. The number of nitrogens with one attached hydrogen (secondary N) is 1. The molecular weight excluding hydrogens is 371 g/mol. The molecule has 0 saturated heterocycles. The Hall–Kier alpha value is -2.35. The number of rotatable bonds is 4. The molecule has 152 valence electrons. The molecular formula is C20H24F3N3O2. The van der Waals surface area contributed by atoms with Crippen LogP contribution >= 0.6 is 0 Å². The predicted octanol–water partition coefficient (Wildman–Crippen LogP) is 3.70. The number of carbonyl (C=O) groups is 1. The molecule has 1 aliphatic rings. The van der Waals surface area contributed by atoms with Gasteiger partial charge >= 0.3 is 6.18 Å². The maximum Gasteiger partial charge on any atom is 0.435 e. The lowest BCUT2D eigenvalue weighted by Crippen LogP contribution is -2.28. The number of ether oxygens (including phenoxy) is 1. The zero-order valence-electron chi connectivity index (χ0n) is 16.2. The van der Waals surface area contributed by atoms with Gasteiger partial charge in [-0.3, -0.25) is 9.48 Å². The van der Waals surface area contributed by atoms with Crippen LogP contribution in [-0.2, 0) is 35.9 Å². The van der Waals surface area contributed by atoms with E-state index >= 15 is 0 Å². The minimum Gasteiger partial charge on any atom is -0.376 e. The van der Waals surface area contributed by atoms with Crippen molar-refractivity contribution in [1.29, 1.82) is 0 Å². The largest absolute Gasteiger partial charge is 0.435 e. The van der Waals surface area contributed by atoms with E-state index in [-0.39, 0.29) is 36.6 Å². The summed E-state index contributed by atoms with van der Waals surface area (Å²) in [4.78, 5) is 12.3. The van der Waals surface area contributed by atoms with E-state index in [2.05, 4.69) is 31.2 Å². The number of hydrogen-bond acceptors (Lipinski definition) is 3. The molecule has 1 N–H and O–H groups in total. The Kier molecular flexibility index (Phi) is 5.52. The van der Waals surface area contributed by atoms with E-state index in [9.17, 15) is 18.0 Å². The second-order valence-corrected chi connectivity index (χ2v) is 7.88. The molecule has 28 heavy (non-hydrogen) atoms. The molecule has 2 heterocycles. The van der Waals surface area contributed by atoms with Crippen LogP contribution in [0.5, 0.6) is 0 Å². The third-order valence-corrected chi connectivity index (χ3v) is 4.79. The number of fused-ring (bicyclic) bond motifs is 1. The number of aromatic nitrogens is 2. The van der Waals surface area contributed by atoms with Crippen molar-refractivity contribution >= 4 is 5.91 Å². The molecule has 0 aliphatic carbocycles. The number of hydrogen-bond donors (Lipinski definition) is 1. The van der Waals surface area contributed by atoms with Gasteiger partial charge in [0.1, 0.15) is 0 Å². The van der Waals surface area contributed by atoms with Crippen molar-refractivity contribution in [2.24, 2.45) is 0 Å². The first kappa shape index (κ1) is 20.4. The summed E-state index contributed by atoms with van der Waals surface area (Å²) in [7, 11) is 0. The van der Waals surface area contributed by atoms with E-state index < -0.39 is 11.9 Å². The summed E-state index contributed by atoms with van der Waals surface area (Å²) in [6.07, 6.45) is -4.14. The Morgan fingerprint density at radius 2 is 1.89 bits per heavy atom. The van der Waals surface area contributed by atoms with E-state index in [1.165, 1.54) is 4.68 Å². The van der Waals surface area contributed by atoms with Gasteiger partial charge in [0.15, 0.2) is 5.69 Å². The monoisotopic (exact) mass is 395 g/mol. The average Bonchev–Trinajstić information content (AvgIpc) is 3.00. The minimum atomic E-state index is -4.52. The van der Waals surface area contributed by atoms with Crippen LogP contribution in [0.4, 0.5) is 13.2 Å². The minimum absolute atomic E-state index is 0.00586. The summed E-state index contributed by atoms with van der Waals surface area (Å²) in [5.74, 6) is -0.263. The third kappa shape index (κ3) is 4.38. The van der Waals surface area contributed by atoms with Crippen molar-refractivity contribution in [1.82, 2.24) is 15.1 Å². The fourth-order valence-corrected chi connectivity index (χ4v) is 3.22. The van der Waals surface area contributed by atoms with Crippen molar-refractivity contribution in [3.63, 3.8) is 0 Å². The highest BCUT2D eigenvalue weighted by molar-refractivity contribution is 5.94. The van der Waals surface area contributed by atoms with Crippen LogP contribution in [0.3, 0.4) is 0 Å². The predicted molar refractivity (Wildman–Crippen MR) is 98.1 cm³/mol. The molecule has 1 aliphatic heterocycles. The van der Waals surface area contributed by atoms with Crippen molar-refractivity contribution in [2.75, 3.05) is 13.2 Å². The van der Waals surface area contributed by atoms with Crippen molar-refractivity contribution in [2.45, 2.75) is 51.9 Å². The molecule has 0 saturated carbocycles. The molecule has 5 nitrogen and oxygen atoms in total. The lowest BCUT2D eigenvalue weighted by molar-refractivity contribution is -0.142. The van der Waals surface area contributed by atoms with Crippen molar-refractivity contribution < 1.29 is 22.7 Å². The Morgan fingerprint density at radius 1 is 1.21 bits per heavy atom. The number of benzene rings is 1. The first-order valence-corrected chi connectivity index (χ1v) is 9.19. The molecule has 8 heteroatoms. The van der Waals surface area contributed by atoms with E-state index in [1.807, 2.05) is 12.1 Å². The molecule has 1 aromatic heterocycles. The molecule has 2 aromatic rings. The number of carbonyl (C=O) groups excluding carboxylic acids is 1. The Labute approximate surface area is 161 Å². The van der Waals surface area contributed by atoms with Crippen LogP contribution in [-0.4, -0.2) is 28.8 Å². The second-order valence-electron chi connectivity index (χ2n) is 7.88. The summed E-state index contributed by atoms with van der Waals surface area (Å²) in [5, 5.41) is 6.48. The van der Waals surface area contributed by atoms with Gasteiger partial charge in [-0.1, -0.05) is 32.9 Å². The summed E-state index contributed by atoms with van der Waals surface area (Å²) >= 11 is 0. The molecule has 1 amide bonds. The SMILES string of the molecule is CC(C)(C)c1ccc(C(=O)NCCn2nc(C(F)(F)F)c3c2CCOC3)cc1. The van der Waals surface area contributed by atoms with Gasteiger partial charge in [-0.25, -0.2) is 0 Å². The smallest absolute Gasteiger partial charge is 0.376 e. The molecule has 3 rings (SSSR count). The summed E-state index contributed by atoms with van der Waals surface area (Å²) < 4.78 is 46.0. The fraction of sp³-hybridized carbons (Fsp3) is 0.500. The molecule has 0 radical (unpaired) electrons. The standard InChI is InChI=1S/C20H24F3N3O2/c1-19(2,3)14-6-4-13(5-7-14)18(27)24-9-10-26-16-8-11-28-12-15(16)17(25-26)20(21,22)23/h4-7H,8-12H2,1-3H3,(H,24,27). The summed E-state index contributed by atoms with van der Waals surface area (Å²) in [5.41, 5.74) is 1.36. The number of nitrogens with zero attached hydrogens (tertiary/aromatic N) is 2. The topological polar surface area (TPSA) is 56.2 Å². The Morgan fingerprint density at radius 3 is 2.50 bits per heavy atom. The van der Waals surface area contributed by atoms with Gasteiger partial charge in [-0.2, -0.15) is 18.3 Å². The first-order valence-electron chi connectivity index (χ1n) is 9.19. The third-order valence-electron chi connectivity index (χ3n) is 4.79. The Balaban J connectivity index is 1.65. The number of amides is 1. The van der Waals surface area contributed by atoms with E-state index in [1.54, 1.807) is 12.1 Å². The molecule has 0 unspecified atom stereocenters. The van der Waals surface area contributed by atoms with Gasteiger partial charge in [-0.05, 0) is 23.1 Å². The zero-order chi connectivity index (χ0) is 20.5. The van der Waals surface area contributed by atoms with Crippen LogP contribution in [0, 0.1) is 0 Å². The van der Waals surface area contributed by atoms with Crippen LogP contribution in [0.25, 0.3) is 0 Å². The van der Waals surface area contributed by atoms with Gasteiger partial charge < -0.3 is 10.1 Å². The zero-order valence-corrected chi connectivity index (χ0v) is 16.2. The molecule has 0 atom stereocenters. The van der Waals surface area contributed by atoms with Crippen molar-refractivity contribution in [3.05, 3.63) is 52.3 Å². The van der Waals surface area contributed by atoms with Gasteiger partial charge in [0.25, 0.3) is 5.91 Å². The lowest BCUT2D eigenvalue weighted by atomic mass is 9.87.